The van der Waals surface area contributed by atoms with Crippen molar-refractivity contribution >= 4 is 0 Å². The summed E-state index contributed by atoms with van der Waals surface area (Å²) in [4.78, 5) is 0. The molecule has 2 aliphatic carbocycles. The SMILES string of the molecule is CC1(C)CC2(C)CCC(O)(C1)C2. The minimum absolute atomic E-state index is 0.309. The Labute approximate surface area is 75.2 Å². The first-order chi connectivity index (χ1) is 5.33. The van der Waals surface area contributed by atoms with Gasteiger partial charge in [0, 0.05) is 0 Å². The van der Waals surface area contributed by atoms with Crippen LogP contribution in [0.15, 0.2) is 0 Å². The van der Waals surface area contributed by atoms with Crippen LogP contribution in [0.1, 0.15) is 52.9 Å². The Kier molecular flexibility index (Phi) is 1.47. The van der Waals surface area contributed by atoms with Crippen LogP contribution in [0.3, 0.4) is 0 Å². The van der Waals surface area contributed by atoms with Crippen molar-refractivity contribution in [3.63, 3.8) is 0 Å². The second-order valence-electron chi connectivity index (χ2n) is 6.23. The van der Waals surface area contributed by atoms with Gasteiger partial charge >= 0.3 is 0 Å². The molecule has 0 aromatic carbocycles. The molecule has 0 heterocycles. The lowest BCUT2D eigenvalue weighted by atomic mass is 9.64. The summed E-state index contributed by atoms with van der Waals surface area (Å²) in [5, 5.41) is 10.2. The van der Waals surface area contributed by atoms with Crippen LogP contribution >= 0.6 is 0 Å². The molecule has 0 amide bonds. The van der Waals surface area contributed by atoms with Crippen molar-refractivity contribution in [3.8, 4) is 0 Å². The van der Waals surface area contributed by atoms with Crippen LogP contribution in [0.25, 0.3) is 0 Å². The average molecular weight is 168 g/mol. The average Bonchev–Trinajstić information content (AvgIpc) is 1.98. The van der Waals surface area contributed by atoms with E-state index in [2.05, 4.69) is 20.8 Å². The summed E-state index contributed by atoms with van der Waals surface area (Å²) >= 11 is 0. The van der Waals surface area contributed by atoms with Crippen LogP contribution in [0, 0.1) is 10.8 Å². The molecular formula is C11H20O. The van der Waals surface area contributed by atoms with E-state index in [-0.39, 0.29) is 5.60 Å². The third kappa shape index (κ3) is 1.28. The van der Waals surface area contributed by atoms with Crippen molar-refractivity contribution in [2.45, 2.75) is 58.5 Å². The van der Waals surface area contributed by atoms with E-state index in [1.54, 1.807) is 0 Å². The molecule has 0 saturated heterocycles. The first kappa shape index (κ1) is 8.55. The monoisotopic (exact) mass is 168 g/mol. The highest BCUT2D eigenvalue weighted by atomic mass is 16.3. The molecule has 1 nitrogen and oxygen atoms in total. The summed E-state index contributed by atoms with van der Waals surface area (Å²) in [5.41, 5.74) is 0.491. The van der Waals surface area contributed by atoms with E-state index in [1.165, 1.54) is 12.8 Å². The minimum Gasteiger partial charge on any atom is -0.390 e. The van der Waals surface area contributed by atoms with E-state index in [4.69, 9.17) is 0 Å². The van der Waals surface area contributed by atoms with Crippen molar-refractivity contribution in [2.75, 3.05) is 0 Å². The van der Waals surface area contributed by atoms with E-state index in [9.17, 15) is 5.11 Å². The Hall–Kier alpha value is -0.0400. The van der Waals surface area contributed by atoms with E-state index in [1.807, 2.05) is 0 Å². The molecule has 0 radical (unpaired) electrons. The van der Waals surface area contributed by atoms with Gasteiger partial charge in [0.2, 0.25) is 0 Å². The summed E-state index contributed by atoms with van der Waals surface area (Å²) in [5.74, 6) is 0. The summed E-state index contributed by atoms with van der Waals surface area (Å²) in [6.07, 6.45) is 5.61. The van der Waals surface area contributed by atoms with Gasteiger partial charge in [0.25, 0.3) is 0 Å². The molecule has 0 spiro atoms. The smallest absolute Gasteiger partial charge is 0.0658 e. The zero-order valence-electron chi connectivity index (χ0n) is 8.48. The van der Waals surface area contributed by atoms with Gasteiger partial charge in [-0.1, -0.05) is 20.8 Å². The number of fused-ring (bicyclic) bond motifs is 2. The van der Waals surface area contributed by atoms with Crippen LogP contribution < -0.4 is 0 Å². The van der Waals surface area contributed by atoms with Gasteiger partial charge < -0.3 is 5.11 Å². The fraction of sp³-hybridized carbons (Fsp3) is 1.00. The molecule has 1 N–H and O–H groups in total. The standard InChI is InChI=1S/C11H20O/c1-9(2)6-10(3)4-5-11(12,7-9)8-10/h12H,4-8H2,1-3H3. The predicted octanol–water partition coefficient (Wildman–Crippen LogP) is 2.73. The molecule has 2 bridgehead atoms. The lowest BCUT2D eigenvalue weighted by Gasteiger charge is -2.44. The molecule has 2 fully saturated rings. The van der Waals surface area contributed by atoms with Crippen molar-refractivity contribution in [2.24, 2.45) is 10.8 Å². The van der Waals surface area contributed by atoms with E-state index < -0.39 is 0 Å². The van der Waals surface area contributed by atoms with Crippen molar-refractivity contribution in [1.82, 2.24) is 0 Å². The second-order valence-corrected chi connectivity index (χ2v) is 6.23. The fourth-order valence-corrected chi connectivity index (χ4v) is 3.92. The topological polar surface area (TPSA) is 20.2 Å². The van der Waals surface area contributed by atoms with Gasteiger partial charge in [0.1, 0.15) is 0 Å². The molecule has 2 rings (SSSR count). The zero-order chi connectivity index (χ0) is 9.04. The number of hydrogen-bond acceptors (Lipinski definition) is 1. The molecule has 2 atom stereocenters. The van der Waals surface area contributed by atoms with Gasteiger partial charge in [0.05, 0.1) is 5.60 Å². The fourth-order valence-electron chi connectivity index (χ4n) is 3.92. The molecule has 2 aliphatic rings. The van der Waals surface area contributed by atoms with Crippen LogP contribution in [0.4, 0.5) is 0 Å². The Morgan fingerprint density at radius 2 is 1.58 bits per heavy atom. The van der Waals surface area contributed by atoms with Gasteiger partial charge in [-0.3, -0.25) is 0 Å². The Morgan fingerprint density at radius 3 is 2.17 bits per heavy atom. The van der Waals surface area contributed by atoms with E-state index in [0.29, 0.717) is 10.8 Å². The summed E-state index contributed by atoms with van der Waals surface area (Å²) in [6.45, 7) is 6.92. The summed E-state index contributed by atoms with van der Waals surface area (Å²) in [7, 11) is 0. The normalized spacial score (nSPS) is 51.0. The molecule has 2 unspecified atom stereocenters. The van der Waals surface area contributed by atoms with Gasteiger partial charge in [-0.15, -0.1) is 0 Å². The molecule has 0 aromatic rings. The van der Waals surface area contributed by atoms with Crippen LogP contribution in [0.2, 0.25) is 0 Å². The van der Waals surface area contributed by atoms with E-state index >= 15 is 0 Å². The van der Waals surface area contributed by atoms with Gasteiger partial charge in [-0.05, 0) is 42.9 Å². The third-order valence-corrected chi connectivity index (χ3v) is 3.66. The van der Waals surface area contributed by atoms with E-state index in [0.717, 1.165) is 19.3 Å². The number of hydrogen-bond donors (Lipinski definition) is 1. The highest BCUT2D eigenvalue weighted by Crippen LogP contribution is 2.59. The zero-order valence-corrected chi connectivity index (χ0v) is 8.48. The van der Waals surface area contributed by atoms with Gasteiger partial charge in [0.15, 0.2) is 0 Å². The van der Waals surface area contributed by atoms with Crippen molar-refractivity contribution < 1.29 is 5.11 Å². The van der Waals surface area contributed by atoms with Gasteiger partial charge in [-0.2, -0.15) is 0 Å². The highest BCUT2D eigenvalue weighted by Gasteiger charge is 2.53. The highest BCUT2D eigenvalue weighted by molar-refractivity contribution is 5.05. The predicted molar refractivity (Wildman–Crippen MR) is 49.9 cm³/mol. The number of rotatable bonds is 0. The maximum Gasteiger partial charge on any atom is 0.0658 e. The Balaban J connectivity index is 2.27. The van der Waals surface area contributed by atoms with Crippen LogP contribution in [-0.4, -0.2) is 10.7 Å². The quantitative estimate of drug-likeness (QED) is 0.589. The lowest BCUT2D eigenvalue weighted by Crippen LogP contribution is -2.40. The lowest BCUT2D eigenvalue weighted by molar-refractivity contribution is -0.0454. The molecule has 0 aromatic heterocycles. The van der Waals surface area contributed by atoms with Crippen LogP contribution in [0.5, 0.6) is 0 Å². The molecule has 70 valence electrons. The van der Waals surface area contributed by atoms with Gasteiger partial charge in [-0.25, -0.2) is 0 Å². The largest absolute Gasteiger partial charge is 0.390 e. The Bertz CT molecular complexity index is 189. The first-order valence-electron chi connectivity index (χ1n) is 5.05. The minimum atomic E-state index is -0.309. The molecule has 1 heteroatoms. The first-order valence-corrected chi connectivity index (χ1v) is 5.05. The third-order valence-electron chi connectivity index (χ3n) is 3.66. The Morgan fingerprint density at radius 1 is 0.917 bits per heavy atom. The molecule has 12 heavy (non-hydrogen) atoms. The maximum atomic E-state index is 10.2. The van der Waals surface area contributed by atoms with Crippen molar-refractivity contribution in [1.29, 1.82) is 0 Å². The molecule has 0 aliphatic heterocycles. The maximum absolute atomic E-state index is 10.2. The van der Waals surface area contributed by atoms with Crippen molar-refractivity contribution in [3.05, 3.63) is 0 Å². The van der Waals surface area contributed by atoms with Crippen LogP contribution in [-0.2, 0) is 0 Å². The second kappa shape index (κ2) is 2.06. The molecule has 2 saturated carbocycles. The number of aliphatic hydroxyl groups is 1. The summed E-state index contributed by atoms with van der Waals surface area (Å²) < 4.78 is 0. The summed E-state index contributed by atoms with van der Waals surface area (Å²) in [6, 6.07) is 0. The molecular weight excluding hydrogens is 148 g/mol.